The fourth-order valence-corrected chi connectivity index (χ4v) is 2.73. The molecule has 1 nitrogen and oxygen atoms in total. The summed E-state index contributed by atoms with van der Waals surface area (Å²) in [6.45, 7) is 0. The number of benzene rings is 1. The minimum absolute atomic E-state index is 0.218. The maximum atomic E-state index is 10.1. The van der Waals surface area contributed by atoms with Gasteiger partial charge < -0.3 is 5.11 Å². The Morgan fingerprint density at radius 3 is 2.00 bits per heavy atom. The van der Waals surface area contributed by atoms with Crippen LogP contribution in [-0.2, 0) is 0 Å². The van der Waals surface area contributed by atoms with Crippen LogP contribution in [0.3, 0.4) is 0 Å². The Kier molecular flexibility index (Phi) is 2.72. The zero-order chi connectivity index (χ0) is 11.0. The van der Waals surface area contributed by atoms with E-state index in [1.165, 1.54) is 44.1 Å². The molecule has 1 heteroatoms. The average molecular weight is 216 g/mol. The summed E-state index contributed by atoms with van der Waals surface area (Å²) < 4.78 is 0. The van der Waals surface area contributed by atoms with Crippen LogP contribution in [0.5, 0.6) is 0 Å². The summed E-state index contributed by atoms with van der Waals surface area (Å²) in [4.78, 5) is 0. The van der Waals surface area contributed by atoms with Crippen molar-refractivity contribution in [1.82, 2.24) is 0 Å². The van der Waals surface area contributed by atoms with Gasteiger partial charge in [-0.05, 0) is 48.6 Å². The molecule has 0 aliphatic heterocycles. The van der Waals surface area contributed by atoms with Crippen LogP contribution in [0.25, 0.3) is 0 Å². The van der Waals surface area contributed by atoms with Crippen LogP contribution in [0.2, 0.25) is 0 Å². The van der Waals surface area contributed by atoms with Gasteiger partial charge in [-0.15, -0.1) is 0 Å². The van der Waals surface area contributed by atoms with Crippen LogP contribution < -0.4 is 0 Å². The Morgan fingerprint density at radius 1 is 0.938 bits per heavy atom. The Hall–Kier alpha value is -0.820. The molecule has 16 heavy (non-hydrogen) atoms. The molecule has 0 saturated heterocycles. The van der Waals surface area contributed by atoms with Crippen molar-refractivity contribution in [1.29, 1.82) is 0 Å². The van der Waals surface area contributed by atoms with Crippen molar-refractivity contribution in [3.8, 4) is 0 Å². The second-order valence-corrected chi connectivity index (χ2v) is 5.43. The third-order valence-electron chi connectivity index (χ3n) is 4.45. The molecule has 0 heterocycles. The molecule has 1 aromatic rings. The number of hydrogen-bond acceptors (Lipinski definition) is 1. The van der Waals surface area contributed by atoms with Gasteiger partial charge in [-0.3, -0.25) is 0 Å². The van der Waals surface area contributed by atoms with Crippen LogP contribution >= 0.6 is 0 Å². The first-order valence-electron chi connectivity index (χ1n) is 6.62. The van der Waals surface area contributed by atoms with E-state index in [0.717, 1.165) is 11.5 Å². The van der Waals surface area contributed by atoms with Crippen LogP contribution in [0.1, 0.15) is 61.7 Å². The van der Waals surface area contributed by atoms with Gasteiger partial charge in [0.15, 0.2) is 0 Å². The number of rotatable bonds is 3. The van der Waals surface area contributed by atoms with E-state index in [4.69, 9.17) is 0 Å². The van der Waals surface area contributed by atoms with Crippen LogP contribution in [0.4, 0.5) is 0 Å². The molecule has 2 saturated carbocycles. The van der Waals surface area contributed by atoms with Crippen LogP contribution in [0, 0.1) is 5.92 Å². The maximum absolute atomic E-state index is 10.1. The van der Waals surface area contributed by atoms with E-state index in [1.807, 2.05) is 0 Å². The largest absolute Gasteiger partial charge is 0.388 e. The minimum Gasteiger partial charge on any atom is -0.388 e. The topological polar surface area (TPSA) is 20.2 Å². The Morgan fingerprint density at radius 2 is 1.56 bits per heavy atom. The molecular weight excluding hydrogens is 196 g/mol. The molecule has 1 aromatic carbocycles. The molecule has 0 spiro atoms. The zero-order valence-corrected chi connectivity index (χ0v) is 9.73. The molecule has 1 N–H and O–H groups in total. The molecule has 0 radical (unpaired) electrons. The van der Waals surface area contributed by atoms with Crippen molar-refractivity contribution in [3.63, 3.8) is 0 Å². The predicted molar refractivity (Wildman–Crippen MR) is 65.3 cm³/mol. The lowest BCUT2D eigenvalue weighted by atomic mass is 9.77. The summed E-state index contributed by atoms with van der Waals surface area (Å²) in [5.74, 6) is 1.32. The molecule has 86 valence electrons. The molecule has 0 bridgehead atoms. The Balaban J connectivity index is 1.70. The van der Waals surface area contributed by atoms with Crippen molar-refractivity contribution in [2.75, 3.05) is 0 Å². The third-order valence-corrected chi connectivity index (χ3v) is 4.45. The van der Waals surface area contributed by atoms with Crippen molar-refractivity contribution in [2.24, 2.45) is 5.92 Å². The normalized spacial score (nSPS) is 23.6. The summed E-state index contributed by atoms with van der Waals surface area (Å²) in [6, 6.07) is 8.72. The minimum atomic E-state index is -0.218. The van der Waals surface area contributed by atoms with E-state index >= 15 is 0 Å². The monoisotopic (exact) mass is 216 g/mol. The standard InChI is InChI=1S/C15H20O/c16-15(13-5-2-6-13)14-9-7-12(8-10-14)11-3-1-4-11/h7-11,13,15-16H,1-6H2. The lowest BCUT2D eigenvalue weighted by Crippen LogP contribution is -2.20. The number of aliphatic hydroxyl groups is 1. The van der Waals surface area contributed by atoms with E-state index < -0.39 is 0 Å². The van der Waals surface area contributed by atoms with Gasteiger partial charge in [0.05, 0.1) is 6.10 Å². The van der Waals surface area contributed by atoms with Crippen molar-refractivity contribution < 1.29 is 5.11 Å². The van der Waals surface area contributed by atoms with Crippen LogP contribution in [-0.4, -0.2) is 5.11 Å². The molecule has 1 atom stereocenters. The quantitative estimate of drug-likeness (QED) is 0.815. The highest BCUT2D eigenvalue weighted by molar-refractivity contribution is 5.28. The highest BCUT2D eigenvalue weighted by atomic mass is 16.3. The Bertz CT molecular complexity index is 346. The third kappa shape index (κ3) is 1.78. The van der Waals surface area contributed by atoms with Gasteiger partial charge in [0, 0.05) is 0 Å². The van der Waals surface area contributed by atoms with Crippen molar-refractivity contribution in [3.05, 3.63) is 35.4 Å². The molecule has 1 unspecified atom stereocenters. The summed E-state index contributed by atoms with van der Waals surface area (Å²) in [5, 5.41) is 10.1. The fraction of sp³-hybridized carbons (Fsp3) is 0.600. The summed E-state index contributed by atoms with van der Waals surface area (Å²) in [5.41, 5.74) is 2.59. The molecule has 2 aliphatic carbocycles. The molecular formula is C15H20O. The SMILES string of the molecule is OC(c1ccc(C2CCC2)cc1)C1CCC1. The van der Waals surface area contributed by atoms with Gasteiger partial charge in [0.1, 0.15) is 0 Å². The van der Waals surface area contributed by atoms with Gasteiger partial charge in [0.25, 0.3) is 0 Å². The van der Waals surface area contributed by atoms with Crippen molar-refractivity contribution >= 4 is 0 Å². The molecule has 0 aromatic heterocycles. The zero-order valence-electron chi connectivity index (χ0n) is 9.73. The smallest absolute Gasteiger partial charge is 0.0818 e. The highest BCUT2D eigenvalue weighted by Gasteiger charge is 2.27. The second-order valence-electron chi connectivity index (χ2n) is 5.43. The van der Waals surface area contributed by atoms with Crippen LogP contribution in [0.15, 0.2) is 24.3 Å². The first kappa shape index (κ1) is 10.3. The lowest BCUT2D eigenvalue weighted by molar-refractivity contribution is 0.0621. The van der Waals surface area contributed by atoms with Gasteiger partial charge in [-0.2, -0.15) is 0 Å². The number of aliphatic hydroxyl groups excluding tert-OH is 1. The van der Waals surface area contributed by atoms with Gasteiger partial charge in [-0.1, -0.05) is 37.1 Å². The number of hydrogen-bond donors (Lipinski definition) is 1. The van der Waals surface area contributed by atoms with E-state index in [2.05, 4.69) is 24.3 Å². The molecule has 0 amide bonds. The summed E-state index contributed by atoms with van der Waals surface area (Å²) >= 11 is 0. The Labute approximate surface area is 97.5 Å². The van der Waals surface area contributed by atoms with E-state index in [9.17, 15) is 5.11 Å². The van der Waals surface area contributed by atoms with Gasteiger partial charge in [0.2, 0.25) is 0 Å². The summed E-state index contributed by atoms with van der Waals surface area (Å²) in [6.07, 6.45) is 7.56. The molecule has 3 rings (SSSR count). The van der Waals surface area contributed by atoms with E-state index in [1.54, 1.807) is 0 Å². The second kappa shape index (κ2) is 4.21. The first-order chi connectivity index (χ1) is 7.84. The fourth-order valence-electron chi connectivity index (χ4n) is 2.73. The highest BCUT2D eigenvalue weighted by Crippen LogP contribution is 2.39. The first-order valence-corrected chi connectivity index (χ1v) is 6.62. The van der Waals surface area contributed by atoms with E-state index in [-0.39, 0.29) is 6.10 Å². The van der Waals surface area contributed by atoms with Gasteiger partial charge in [-0.25, -0.2) is 0 Å². The van der Waals surface area contributed by atoms with Crippen molar-refractivity contribution in [2.45, 2.75) is 50.5 Å². The molecule has 2 aliphatic rings. The van der Waals surface area contributed by atoms with E-state index in [0.29, 0.717) is 5.92 Å². The molecule has 2 fully saturated rings. The summed E-state index contributed by atoms with van der Waals surface area (Å²) in [7, 11) is 0. The van der Waals surface area contributed by atoms with Gasteiger partial charge >= 0.3 is 0 Å². The maximum Gasteiger partial charge on any atom is 0.0818 e. The predicted octanol–water partition coefficient (Wildman–Crippen LogP) is 3.79. The average Bonchev–Trinajstić information content (AvgIpc) is 2.13. The lowest BCUT2D eigenvalue weighted by Gasteiger charge is -2.31.